The molecule has 1 aromatic carbocycles. The van der Waals surface area contributed by atoms with Gasteiger partial charge in [-0.1, -0.05) is 12.1 Å². The number of ether oxygens (including phenoxy) is 1. The number of aryl methyl sites for hydroxylation is 1. The fraction of sp³-hybridized carbons (Fsp3) is 0.417. The van der Waals surface area contributed by atoms with Crippen LogP contribution in [0.15, 0.2) is 18.2 Å². The molecule has 0 saturated heterocycles. The van der Waals surface area contributed by atoms with E-state index < -0.39 is 0 Å². The van der Waals surface area contributed by atoms with Gasteiger partial charge in [0.2, 0.25) is 0 Å². The average Bonchev–Trinajstić information content (AvgIpc) is 2.25. The quantitative estimate of drug-likeness (QED) is 0.781. The minimum Gasteiger partial charge on any atom is -0.398 e. The monoisotopic (exact) mass is 222 g/mol. The fourth-order valence-electron chi connectivity index (χ4n) is 1.50. The van der Waals surface area contributed by atoms with E-state index in [1.165, 1.54) is 0 Å². The van der Waals surface area contributed by atoms with Crippen molar-refractivity contribution in [3.8, 4) is 0 Å². The van der Waals surface area contributed by atoms with E-state index in [0.717, 1.165) is 5.56 Å². The van der Waals surface area contributed by atoms with Crippen molar-refractivity contribution in [1.82, 2.24) is 4.90 Å². The number of hydrogen-bond donors (Lipinski definition) is 1. The Bertz CT molecular complexity index is 357. The second-order valence-corrected chi connectivity index (χ2v) is 3.76. The molecule has 1 amide bonds. The Hall–Kier alpha value is -1.55. The molecule has 0 spiro atoms. The summed E-state index contributed by atoms with van der Waals surface area (Å²) in [5.41, 5.74) is 7.81. The highest BCUT2D eigenvalue weighted by Gasteiger charge is 2.16. The summed E-state index contributed by atoms with van der Waals surface area (Å²) in [6.45, 7) is 2.96. The molecule has 2 N–H and O–H groups in total. The molecule has 0 unspecified atom stereocenters. The Morgan fingerprint density at radius 1 is 1.50 bits per heavy atom. The molecule has 0 atom stereocenters. The van der Waals surface area contributed by atoms with Crippen molar-refractivity contribution in [1.29, 1.82) is 0 Å². The smallest absolute Gasteiger partial charge is 0.256 e. The van der Waals surface area contributed by atoms with Gasteiger partial charge in [-0.25, -0.2) is 0 Å². The number of nitrogens with two attached hydrogens (primary N) is 1. The molecule has 88 valence electrons. The van der Waals surface area contributed by atoms with E-state index in [4.69, 9.17) is 10.5 Å². The van der Waals surface area contributed by atoms with Crippen molar-refractivity contribution in [2.45, 2.75) is 6.92 Å². The molecule has 0 radical (unpaired) electrons. The van der Waals surface area contributed by atoms with Gasteiger partial charge in [-0.3, -0.25) is 4.79 Å². The second-order valence-electron chi connectivity index (χ2n) is 3.76. The first-order valence-electron chi connectivity index (χ1n) is 5.17. The normalized spacial score (nSPS) is 10.2. The average molecular weight is 222 g/mol. The maximum atomic E-state index is 12.1. The van der Waals surface area contributed by atoms with Crippen molar-refractivity contribution in [2.24, 2.45) is 0 Å². The van der Waals surface area contributed by atoms with Crippen molar-refractivity contribution in [2.75, 3.05) is 33.0 Å². The zero-order valence-electron chi connectivity index (χ0n) is 9.99. The molecule has 0 aromatic heterocycles. The van der Waals surface area contributed by atoms with Crippen LogP contribution in [0.1, 0.15) is 15.9 Å². The van der Waals surface area contributed by atoms with Gasteiger partial charge in [-0.2, -0.15) is 0 Å². The Balaban J connectivity index is 2.87. The SMILES string of the molecule is COCCN(C)C(=O)c1c(C)cccc1N. The van der Waals surface area contributed by atoms with Crippen LogP contribution in [0, 0.1) is 6.92 Å². The maximum absolute atomic E-state index is 12.1. The minimum absolute atomic E-state index is 0.0624. The van der Waals surface area contributed by atoms with Gasteiger partial charge in [0.05, 0.1) is 12.2 Å². The summed E-state index contributed by atoms with van der Waals surface area (Å²) < 4.78 is 4.93. The lowest BCUT2D eigenvalue weighted by Crippen LogP contribution is -2.31. The molecular weight excluding hydrogens is 204 g/mol. The number of likely N-dealkylation sites (N-methyl/N-ethyl adjacent to an activating group) is 1. The molecular formula is C12H18N2O2. The van der Waals surface area contributed by atoms with Crippen LogP contribution in [0.3, 0.4) is 0 Å². The summed E-state index contributed by atoms with van der Waals surface area (Å²) in [6.07, 6.45) is 0. The number of nitrogens with zero attached hydrogens (tertiary/aromatic N) is 1. The molecule has 0 saturated carbocycles. The van der Waals surface area contributed by atoms with E-state index >= 15 is 0 Å². The van der Waals surface area contributed by atoms with Crippen LogP contribution < -0.4 is 5.73 Å². The topological polar surface area (TPSA) is 55.6 Å². The number of anilines is 1. The van der Waals surface area contributed by atoms with Crippen molar-refractivity contribution in [3.63, 3.8) is 0 Å². The summed E-state index contributed by atoms with van der Waals surface area (Å²) in [7, 11) is 3.35. The van der Waals surface area contributed by atoms with Crippen LogP contribution in [0.2, 0.25) is 0 Å². The summed E-state index contributed by atoms with van der Waals surface area (Å²) in [5.74, 6) is -0.0624. The molecule has 16 heavy (non-hydrogen) atoms. The predicted molar refractivity (Wildman–Crippen MR) is 64.4 cm³/mol. The first-order valence-corrected chi connectivity index (χ1v) is 5.17. The number of hydrogen-bond acceptors (Lipinski definition) is 3. The van der Waals surface area contributed by atoms with Crippen LogP contribution in [-0.4, -0.2) is 38.1 Å². The minimum atomic E-state index is -0.0624. The van der Waals surface area contributed by atoms with Crippen LogP contribution in [-0.2, 0) is 4.74 Å². The summed E-state index contributed by atoms with van der Waals surface area (Å²) in [6, 6.07) is 5.47. The predicted octanol–water partition coefficient (Wildman–Crippen LogP) is 1.30. The van der Waals surface area contributed by atoms with Crippen LogP contribution in [0.25, 0.3) is 0 Å². The van der Waals surface area contributed by atoms with Gasteiger partial charge < -0.3 is 15.4 Å². The first kappa shape index (κ1) is 12.5. The number of benzene rings is 1. The molecule has 4 heteroatoms. The number of nitrogen functional groups attached to an aromatic ring is 1. The van der Waals surface area contributed by atoms with E-state index in [2.05, 4.69) is 0 Å². The molecule has 0 aliphatic heterocycles. The molecule has 1 aromatic rings. The molecule has 0 heterocycles. The highest BCUT2D eigenvalue weighted by Crippen LogP contribution is 2.17. The third kappa shape index (κ3) is 2.73. The Morgan fingerprint density at radius 3 is 2.75 bits per heavy atom. The number of methoxy groups -OCH3 is 1. The van der Waals surface area contributed by atoms with Crippen molar-refractivity contribution < 1.29 is 9.53 Å². The Kier molecular flexibility index (Phi) is 4.31. The number of amides is 1. The van der Waals surface area contributed by atoms with Gasteiger partial charge in [-0.15, -0.1) is 0 Å². The van der Waals surface area contributed by atoms with E-state index in [9.17, 15) is 4.79 Å². The van der Waals surface area contributed by atoms with Gasteiger partial charge in [0.1, 0.15) is 0 Å². The lowest BCUT2D eigenvalue weighted by molar-refractivity contribution is 0.0744. The fourth-order valence-corrected chi connectivity index (χ4v) is 1.50. The van der Waals surface area contributed by atoms with E-state index in [1.807, 2.05) is 19.1 Å². The summed E-state index contributed by atoms with van der Waals surface area (Å²) in [4.78, 5) is 13.7. The molecule has 0 aliphatic carbocycles. The largest absolute Gasteiger partial charge is 0.398 e. The van der Waals surface area contributed by atoms with Gasteiger partial charge in [-0.05, 0) is 18.6 Å². The van der Waals surface area contributed by atoms with Gasteiger partial charge in [0, 0.05) is 26.4 Å². The highest BCUT2D eigenvalue weighted by atomic mass is 16.5. The van der Waals surface area contributed by atoms with Crippen molar-refractivity contribution in [3.05, 3.63) is 29.3 Å². The Labute approximate surface area is 96.0 Å². The van der Waals surface area contributed by atoms with Crippen LogP contribution in [0.5, 0.6) is 0 Å². The zero-order valence-corrected chi connectivity index (χ0v) is 9.99. The summed E-state index contributed by atoms with van der Waals surface area (Å²) in [5, 5.41) is 0. The Morgan fingerprint density at radius 2 is 2.19 bits per heavy atom. The zero-order chi connectivity index (χ0) is 12.1. The van der Waals surface area contributed by atoms with Gasteiger partial charge in [0.15, 0.2) is 0 Å². The van der Waals surface area contributed by atoms with E-state index in [-0.39, 0.29) is 5.91 Å². The van der Waals surface area contributed by atoms with Gasteiger partial charge in [0.25, 0.3) is 5.91 Å². The third-order valence-corrected chi connectivity index (χ3v) is 2.50. The van der Waals surface area contributed by atoms with Crippen LogP contribution in [0.4, 0.5) is 5.69 Å². The molecule has 4 nitrogen and oxygen atoms in total. The molecule has 1 rings (SSSR count). The van der Waals surface area contributed by atoms with Crippen LogP contribution >= 0.6 is 0 Å². The highest BCUT2D eigenvalue weighted by molar-refractivity contribution is 6.00. The van der Waals surface area contributed by atoms with Gasteiger partial charge >= 0.3 is 0 Å². The number of rotatable bonds is 4. The molecule has 0 aliphatic rings. The first-order chi connectivity index (χ1) is 7.57. The maximum Gasteiger partial charge on any atom is 0.256 e. The second kappa shape index (κ2) is 5.51. The molecule has 0 fully saturated rings. The molecule has 0 bridgehead atoms. The number of carbonyl (C=O) groups is 1. The van der Waals surface area contributed by atoms with Crippen molar-refractivity contribution >= 4 is 11.6 Å². The third-order valence-electron chi connectivity index (χ3n) is 2.50. The van der Waals surface area contributed by atoms with E-state index in [1.54, 1.807) is 25.1 Å². The standard InChI is InChI=1S/C12H18N2O2/c1-9-5-4-6-10(13)11(9)12(15)14(2)7-8-16-3/h4-6H,7-8,13H2,1-3H3. The lowest BCUT2D eigenvalue weighted by atomic mass is 10.1. The number of carbonyl (C=O) groups excluding carboxylic acids is 1. The summed E-state index contributed by atoms with van der Waals surface area (Å²) >= 11 is 0. The lowest BCUT2D eigenvalue weighted by Gasteiger charge is -2.18. The van der Waals surface area contributed by atoms with E-state index in [0.29, 0.717) is 24.4 Å².